The van der Waals surface area contributed by atoms with E-state index in [2.05, 4.69) is 6.92 Å². The molecule has 0 spiro atoms. The first-order chi connectivity index (χ1) is 14.1. The summed E-state index contributed by atoms with van der Waals surface area (Å²) in [4.78, 5) is 28.5. The number of benzene rings is 2. The topological polar surface area (TPSA) is 46.6 Å². The number of hydrogen-bond donors (Lipinski definition) is 0. The number of ether oxygens (including phenoxy) is 1. The summed E-state index contributed by atoms with van der Waals surface area (Å²) in [7, 11) is 0. The van der Waals surface area contributed by atoms with Gasteiger partial charge in [0, 0.05) is 11.6 Å². The predicted octanol–water partition coefficient (Wildman–Crippen LogP) is 4.96. The number of nitrogens with zero attached hydrogens (tertiary/aromatic N) is 1. The molecule has 0 aromatic heterocycles. The average Bonchev–Trinajstić information content (AvgIpc) is 2.73. The highest BCUT2D eigenvalue weighted by Crippen LogP contribution is 2.44. The van der Waals surface area contributed by atoms with Crippen molar-refractivity contribution >= 4 is 11.9 Å². The van der Waals surface area contributed by atoms with Crippen LogP contribution in [0.25, 0.3) is 0 Å². The lowest BCUT2D eigenvalue weighted by atomic mass is 9.73. The predicted molar refractivity (Wildman–Crippen MR) is 112 cm³/mol. The van der Waals surface area contributed by atoms with Crippen molar-refractivity contribution in [2.75, 3.05) is 0 Å². The molecule has 4 heteroatoms. The number of carbonyl (C=O) groups is 2. The lowest BCUT2D eigenvalue weighted by Gasteiger charge is -2.43. The van der Waals surface area contributed by atoms with E-state index < -0.39 is 11.9 Å². The Morgan fingerprint density at radius 3 is 2.38 bits per heavy atom. The van der Waals surface area contributed by atoms with E-state index in [-0.39, 0.29) is 11.8 Å². The molecule has 29 heavy (non-hydrogen) atoms. The van der Waals surface area contributed by atoms with Crippen LogP contribution in [0.4, 0.5) is 0 Å². The van der Waals surface area contributed by atoms with Crippen LogP contribution in [0.15, 0.2) is 71.9 Å². The van der Waals surface area contributed by atoms with E-state index in [0.717, 1.165) is 30.5 Å². The molecule has 3 atom stereocenters. The minimum atomic E-state index is -0.803. The smallest absolute Gasteiger partial charge is 0.324 e. The van der Waals surface area contributed by atoms with Crippen LogP contribution in [-0.2, 0) is 16.1 Å². The van der Waals surface area contributed by atoms with E-state index >= 15 is 0 Å². The molecule has 0 bridgehead atoms. The second kappa shape index (κ2) is 8.24. The lowest BCUT2D eigenvalue weighted by Crippen LogP contribution is -2.49. The van der Waals surface area contributed by atoms with Crippen molar-refractivity contribution in [1.29, 1.82) is 0 Å². The summed E-state index contributed by atoms with van der Waals surface area (Å²) >= 11 is 0. The van der Waals surface area contributed by atoms with Crippen LogP contribution < -0.4 is 4.74 Å². The van der Waals surface area contributed by atoms with Gasteiger partial charge in [-0.25, -0.2) is 0 Å². The molecule has 150 valence electrons. The Hall–Kier alpha value is -2.88. The number of rotatable bonds is 4. The Morgan fingerprint density at radius 1 is 1.03 bits per heavy atom. The maximum atomic E-state index is 13.6. The maximum Gasteiger partial charge on any atom is 0.324 e. The summed E-state index contributed by atoms with van der Waals surface area (Å²) in [6, 6.07) is 19.0. The normalized spacial score (nSPS) is 24.3. The van der Waals surface area contributed by atoms with Crippen molar-refractivity contribution in [2.24, 2.45) is 17.8 Å². The molecule has 2 aromatic carbocycles. The molecule has 2 aliphatic rings. The van der Waals surface area contributed by atoms with E-state index in [1.54, 1.807) is 12.1 Å². The van der Waals surface area contributed by atoms with Crippen LogP contribution in [0, 0.1) is 17.8 Å². The Balaban J connectivity index is 1.68. The Labute approximate surface area is 172 Å². The largest absolute Gasteiger partial charge is 0.426 e. The minimum Gasteiger partial charge on any atom is -0.426 e. The van der Waals surface area contributed by atoms with Crippen molar-refractivity contribution in [2.45, 2.75) is 39.7 Å². The maximum absolute atomic E-state index is 13.6. The van der Waals surface area contributed by atoms with Gasteiger partial charge in [0.2, 0.25) is 5.91 Å². The first kappa shape index (κ1) is 19.4. The number of amides is 1. The number of para-hydroxylation sites is 1. The van der Waals surface area contributed by atoms with Crippen molar-refractivity contribution in [3.63, 3.8) is 0 Å². The highest BCUT2D eigenvalue weighted by Gasteiger charge is 2.46. The average molecular weight is 389 g/mol. The van der Waals surface area contributed by atoms with Crippen LogP contribution in [0.1, 0.15) is 38.7 Å². The van der Waals surface area contributed by atoms with Gasteiger partial charge in [0.15, 0.2) is 0 Å². The van der Waals surface area contributed by atoms with Gasteiger partial charge in [0.05, 0.1) is 6.54 Å². The van der Waals surface area contributed by atoms with Crippen LogP contribution in [0.3, 0.4) is 0 Å². The van der Waals surface area contributed by atoms with Crippen molar-refractivity contribution < 1.29 is 14.3 Å². The van der Waals surface area contributed by atoms with Crippen LogP contribution in [0.5, 0.6) is 5.75 Å². The van der Waals surface area contributed by atoms with Crippen LogP contribution in [0.2, 0.25) is 0 Å². The molecule has 0 radical (unpaired) electrons. The van der Waals surface area contributed by atoms with Gasteiger partial charge in [0.1, 0.15) is 11.7 Å². The summed E-state index contributed by atoms with van der Waals surface area (Å²) in [5.41, 5.74) is 3.44. The molecule has 0 saturated heterocycles. The van der Waals surface area contributed by atoms with E-state index in [1.165, 1.54) is 5.57 Å². The summed E-state index contributed by atoms with van der Waals surface area (Å²) in [5.74, 6) is -0.748. The molecule has 1 aliphatic heterocycles. The van der Waals surface area contributed by atoms with Crippen LogP contribution >= 0.6 is 0 Å². The molecular weight excluding hydrogens is 362 g/mol. The van der Waals surface area contributed by atoms with E-state index in [9.17, 15) is 9.59 Å². The highest BCUT2D eigenvalue weighted by molar-refractivity contribution is 6.01. The molecule has 4 rings (SSSR count). The quantitative estimate of drug-likeness (QED) is 0.422. The molecule has 1 unspecified atom stereocenters. The van der Waals surface area contributed by atoms with Gasteiger partial charge in [0.25, 0.3) is 0 Å². The van der Waals surface area contributed by atoms with E-state index in [1.807, 2.05) is 60.4 Å². The van der Waals surface area contributed by atoms with Crippen molar-refractivity contribution in [3.05, 3.63) is 77.5 Å². The van der Waals surface area contributed by atoms with Gasteiger partial charge in [-0.3, -0.25) is 9.59 Å². The molecule has 1 amide bonds. The van der Waals surface area contributed by atoms with Crippen LogP contribution in [-0.4, -0.2) is 16.8 Å². The molecule has 1 aliphatic carbocycles. The number of esters is 1. The summed E-state index contributed by atoms with van der Waals surface area (Å²) in [6.45, 7) is 4.68. The second-order valence-corrected chi connectivity index (χ2v) is 8.11. The Morgan fingerprint density at radius 2 is 1.69 bits per heavy atom. The molecule has 2 aromatic rings. The minimum absolute atomic E-state index is 0.136. The first-order valence-electron chi connectivity index (χ1n) is 10.4. The number of carbonyl (C=O) groups excluding carboxylic acids is 2. The first-order valence-corrected chi connectivity index (χ1v) is 10.4. The molecule has 4 nitrogen and oxygen atoms in total. The van der Waals surface area contributed by atoms with Gasteiger partial charge in [-0.15, -0.1) is 0 Å². The summed E-state index contributed by atoms with van der Waals surface area (Å²) in [6.07, 6.45) is 3.11. The number of allylic oxidation sites excluding steroid dienone is 2. The fraction of sp³-hybridized carbons (Fsp3) is 0.360. The van der Waals surface area contributed by atoms with Gasteiger partial charge >= 0.3 is 5.97 Å². The lowest BCUT2D eigenvalue weighted by molar-refractivity contribution is -0.152. The molecular formula is C25H27NO3. The van der Waals surface area contributed by atoms with E-state index in [0.29, 0.717) is 18.2 Å². The third-order valence-electron chi connectivity index (χ3n) is 6.15. The van der Waals surface area contributed by atoms with Gasteiger partial charge < -0.3 is 9.64 Å². The van der Waals surface area contributed by atoms with Crippen molar-refractivity contribution in [3.8, 4) is 5.75 Å². The van der Waals surface area contributed by atoms with Gasteiger partial charge in [-0.2, -0.15) is 0 Å². The summed E-state index contributed by atoms with van der Waals surface area (Å²) in [5, 5.41) is 0. The third-order valence-corrected chi connectivity index (χ3v) is 6.15. The summed E-state index contributed by atoms with van der Waals surface area (Å²) < 4.78 is 5.59. The highest BCUT2D eigenvalue weighted by atomic mass is 16.5. The monoisotopic (exact) mass is 389 g/mol. The zero-order valence-corrected chi connectivity index (χ0v) is 17.0. The second-order valence-electron chi connectivity index (χ2n) is 8.11. The van der Waals surface area contributed by atoms with Gasteiger partial charge in [-0.1, -0.05) is 62.4 Å². The Kier molecular flexibility index (Phi) is 5.52. The van der Waals surface area contributed by atoms with E-state index in [4.69, 9.17) is 4.74 Å². The number of hydrogen-bond acceptors (Lipinski definition) is 3. The molecule has 0 saturated carbocycles. The standard InChI is InChI=1S/C25H27NO3/c1-17-10-9-15-21-18(2)22(25(28)29-20-13-7-4-8-14-20)24(27)26(23(17)21)16-19-11-5-3-6-12-19/h3-8,11-14,17-18,22H,9-10,15-16H2,1-2H3/t17?,18-,22-/m0/s1. The SMILES string of the molecule is CC1CCCC2=C1N(Cc1ccccc1)C(=O)[C@@H](C(=O)Oc1ccccc1)[C@H]2C. The van der Waals surface area contributed by atoms with Crippen molar-refractivity contribution in [1.82, 2.24) is 4.90 Å². The fourth-order valence-electron chi connectivity index (χ4n) is 4.68. The molecule has 1 heterocycles. The molecule has 0 fully saturated rings. The Bertz CT molecular complexity index is 920. The fourth-order valence-corrected chi connectivity index (χ4v) is 4.68. The third kappa shape index (κ3) is 3.84. The zero-order chi connectivity index (χ0) is 20.4. The zero-order valence-electron chi connectivity index (χ0n) is 17.0. The van der Waals surface area contributed by atoms with Gasteiger partial charge in [-0.05, 0) is 48.4 Å². The molecule has 0 N–H and O–H groups in total.